The van der Waals surface area contributed by atoms with E-state index in [2.05, 4.69) is 42.3 Å². The molecule has 1 aliphatic rings. The predicted octanol–water partition coefficient (Wildman–Crippen LogP) is 2.76. The van der Waals surface area contributed by atoms with Gasteiger partial charge in [-0.3, -0.25) is 0 Å². The lowest BCUT2D eigenvalue weighted by Gasteiger charge is -2.25. The molecule has 3 rings (SSSR count). The van der Waals surface area contributed by atoms with Crippen LogP contribution in [0.25, 0.3) is 0 Å². The Labute approximate surface area is 120 Å². The van der Waals surface area contributed by atoms with Crippen molar-refractivity contribution in [2.24, 2.45) is 5.73 Å². The lowest BCUT2D eigenvalue weighted by molar-refractivity contribution is 0.332. The van der Waals surface area contributed by atoms with Crippen molar-refractivity contribution in [2.75, 3.05) is 25.1 Å². The van der Waals surface area contributed by atoms with Gasteiger partial charge >= 0.3 is 0 Å². The summed E-state index contributed by atoms with van der Waals surface area (Å²) in [4.78, 5) is 2.28. The first kappa shape index (κ1) is 13.0. The van der Waals surface area contributed by atoms with Crippen molar-refractivity contribution in [1.82, 2.24) is 0 Å². The summed E-state index contributed by atoms with van der Waals surface area (Å²) in [7, 11) is 2.12. The zero-order valence-electron chi connectivity index (χ0n) is 11.8. The van der Waals surface area contributed by atoms with Crippen molar-refractivity contribution < 1.29 is 4.74 Å². The predicted molar refractivity (Wildman–Crippen MR) is 82.3 cm³/mol. The molecule has 2 N–H and O–H groups in total. The van der Waals surface area contributed by atoms with Gasteiger partial charge in [0, 0.05) is 37.3 Å². The number of fused-ring (bicyclic) bond motifs is 1. The van der Waals surface area contributed by atoms with Gasteiger partial charge in [-0.25, -0.2) is 0 Å². The number of anilines is 1. The molecule has 1 heterocycles. The zero-order valence-corrected chi connectivity index (χ0v) is 11.8. The van der Waals surface area contributed by atoms with E-state index in [-0.39, 0.29) is 0 Å². The topological polar surface area (TPSA) is 38.5 Å². The Morgan fingerprint density at radius 1 is 1.15 bits per heavy atom. The Morgan fingerprint density at radius 2 is 1.90 bits per heavy atom. The molecule has 20 heavy (non-hydrogen) atoms. The van der Waals surface area contributed by atoms with E-state index in [4.69, 9.17) is 10.5 Å². The van der Waals surface area contributed by atoms with Crippen LogP contribution in [-0.2, 0) is 6.54 Å². The number of benzene rings is 2. The largest absolute Gasteiger partial charge is 0.493 e. The Balaban J connectivity index is 1.79. The average Bonchev–Trinajstić information content (AvgIpc) is 2.90. The van der Waals surface area contributed by atoms with E-state index in [9.17, 15) is 0 Å². The van der Waals surface area contributed by atoms with Gasteiger partial charge in [0.15, 0.2) is 0 Å². The minimum Gasteiger partial charge on any atom is -0.493 e. The van der Waals surface area contributed by atoms with Crippen molar-refractivity contribution in [3.63, 3.8) is 0 Å². The second-order valence-electron chi connectivity index (χ2n) is 5.26. The first-order valence-corrected chi connectivity index (χ1v) is 7.00. The van der Waals surface area contributed by atoms with E-state index in [0.29, 0.717) is 12.5 Å². The molecule has 0 aromatic heterocycles. The van der Waals surface area contributed by atoms with E-state index >= 15 is 0 Å². The van der Waals surface area contributed by atoms with Gasteiger partial charge in [0.2, 0.25) is 0 Å². The minimum atomic E-state index is 0.419. The Morgan fingerprint density at radius 3 is 2.75 bits per heavy atom. The number of likely N-dealkylation sites (N-methyl/N-ethyl adjacent to an activating group) is 1. The maximum Gasteiger partial charge on any atom is 0.122 e. The summed E-state index contributed by atoms with van der Waals surface area (Å²) in [6.07, 6.45) is 0. The Hall–Kier alpha value is -2.00. The van der Waals surface area contributed by atoms with Gasteiger partial charge in [0.25, 0.3) is 0 Å². The summed E-state index contributed by atoms with van der Waals surface area (Å²) in [5.41, 5.74) is 9.52. The smallest absolute Gasteiger partial charge is 0.122 e. The Kier molecular flexibility index (Phi) is 3.61. The highest BCUT2D eigenvalue weighted by molar-refractivity contribution is 5.54. The van der Waals surface area contributed by atoms with Gasteiger partial charge in [-0.05, 0) is 17.7 Å². The molecule has 0 radical (unpaired) electrons. The van der Waals surface area contributed by atoms with Gasteiger partial charge in [-0.2, -0.15) is 0 Å². The van der Waals surface area contributed by atoms with Crippen LogP contribution in [-0.4, -0.2) is 20.2 Å². The molecule has 0 aliphatic carbocycles. The maximum absolute atomic E-state index is 5.82. The number of ether oxygens (including phenoxy) is 1. The number of para-hydroxylation sites is 2. The molecule has 1 atom stereocenters. The van der Waals surface area contributed by atoms with Crippen LogP contribution in [0, 0.1) is 0 Å². The maximum atomic E-state index is 5.82. The van der Waals surface area contributed by atoms with E-state index in [1.165, 1.54) is 16.8 Å². The van der Waals surface area contributed by atoms with Gasteiger partial charge in [-0.15, -0.1) is 0 Å². The van der Waals surface area contributed by atoms with Crippen LogP contribution in [0.1, 0.15) is 17.0 Å². The molecule has 3 heteroatoms. The molecule has 0 saturated carbocycles. The Bertz CT molecular complexity index is 597. The van der Waals surface area contributed by atoms with E-state index in [0.717, 1.165) is 18.9 Å². The molecule has 0 bridgehead atoms. The minimum absolute atomic E-state index is 0.419. The standard InChI is InChI=1S/C17H20N2O/c1-19(16-8-4-2-6-13(16)10-18)11-14-12-20-17-9-5-3-7-15(14)17/h2-9,14H,10-12,18H2,1H3. The molecule has 2 aromatic rings. The van der Waals surface area contributed by atoms with Gasteiger partial charge < -0.3 is 15.4 Å². The molecule has 0 amide bonds. The fraction of sp³-hybridized carbons (Fsp3) is 0.294. The normalized spacial score (nSPS) is 16.6. The summed E-state index contributed by atoms with van der Waals surface area (Å²) in [6.45, 7) is 2.26. The highest BCUT2D eigenvalue weighted by Gasteiger charge is 2.25. The van der Waals surface area contributed by atoms with Crippen molar-refractivity contribution in [3.8, 4) is 5.75 Å². The monoisotopic (exact) mass is 268 g/mol. The van der Waals surface area contributed by atoms with Crippen LogP contribution in [0.15, 0.2) is 48.5 Å². The summed E-state index contributed by atoms with van der Waals surface area (Å²) in [5, 5.41) is 0. The number of nitrogens with two attached hydrogens (primary N) is 1. The molecule has 0 spiro atoms. The van der Waals surface area contributed by atoms with E-state index in [1.54, 1.807) is 0 Å². The fourth-order valence-corrected chi connectivity index (χ4v) is 2.87. The lowest BCUT2D eigenvalue weighted by atomic mass is 10.0. The third kappa shape index (κ3) is 2.37. The highest BCUT2D eigenvalue weighted by atomic mass is 16.5. The zero-order chi connectivity index (χ0) is 13.9. The summed E-state index contributed by atoms with van der Waals surface area (Å²) >= 11 is 0. The van der Waals surface area contributed by atoms with Crippen molar-refractivity contribution in [1.29, 1.82) is 0 Å². The molecule has 1 aliphatic heterocycles. The molecular weight excluding hydrogens is 248 g/mol. The second-order valence-corrected chi connectivity index (χ2v) is 5.26. The quantitative estimate of drug-likeness (QED) is 0.926. The van der Waals surface area contributed by atoms with Crippen LogP contribution < -0.4 is 15.4 Å². The van der Waals surface area contributed by atoms with Crippen LogP contribution in [0.3, 0.4) is 0 Å². The fourth-order valence-electron chi connectivity index (χ4n) is 2.87. The van der Waals surface area contributed by atoms with Gasteiger partial charge in [0.05, 0.1) is 6.61 Å². The van der Waals surface area contributed by atoms with Crippen molar-refractivity contribution in [2.45, 2.75) is 12.5 Å². The van der Waals surface area contributed by atoms with Crippen molar-refractivity contribution >= 4 is 5.69 Å². The molecule has 1 unspecified atom stereocenters. The lowest BCUT2D eigenvalue weighted by Crippen LogP contribution is -2.26. The van der Waals surface area contributed by atoms with Gasteiger partial charge in [-0.1, -0.05) is 36.4 Å². The second kappa shape index (κ2) is 5.55. The molecule has 0 saturated heterocycles. The average molecular weight is 268 g/mol. The van der Waals surface area contributed by atoms with Crippen LogP contribution in [0.5, 0.6) is 5.75 Å². The molecular formula is C17H20N2O. The van der Waals surface area contributed by atoms with E-state index in [1.807, 2.05) is 18.2 Å². The van der Waals surface area contributed by atoms with E-state index < -0.39 is 0 Å². The summed E-state index contributed by atoms with van der Waals surface area (Å²) in [5.74, 6) is 1.44. The summed E-state index contributed by atoms with van der Waals surface area (Å²) < 4.78 is 5.75. The summed E-state index contributed by atoms with van der Waals surface area (Å²) in [6, 6.07) is 16.6. The number of hydrogen-bond acceptors (Lipinski definition) is 3. The van der Waals surface area contributed by atoms with Crippen LogP contribution in [0.2, 0.25) is 0 Å². The SMILES string of the molecule is CN(CC1COc2ccccc21)c1ccccc1CN. The van der Waals surface area contributed by atoms with Crippen LogP contribution in [0.4, 0.5) is 5.69 Å². The molecule has 0 fully saturated rings. The first-order chi connectivity index (χ1) is 9.79. The third-order valence-electron chi connectivity index (χ3n) is 3.92. The number of nitrogens with zero attached hydrogens (tertiary/aromatic N) is 1. The molecule has 3 nitrogen and oxygen atoms in total. The third-order valence-corrected chi connectivity index (χ3v) is 3.92. The molecule has 2 aromatic carbocycles. The highest BCUT2D eigenvalue weighted by Crippen LogP contribution is 2.34. The first-order valence-electron chi connectivity index (χ1n) is 7.00. The van der Waals surface area contributed by atoms with Gasteiger partial charge in [0.1, 0.15) is 5.75 Å². The molecule has 104 valence electrons. The number of hydrogen-bond donors (Lipinski definition) is 1. The van der Waals surface area contributed by atoms with Crippen molar-refractivity contribution in [3.05, 3.63) is 59.7 Å². The number of rotatable bonds is 4. The van der Waals surface area contributed by atoms with Crippen LogP contribution >= 0.6 is 0 Å².